The Bertz CT molecular complexity index is 445. The van der Waals surface area contributed by atoms with E-state index in [1.54, 1.807) is 0 Å². The minimum atomic E-state index is -0.0618. The normalized spacial score (nSPS) is 10.8. The van der Waals surface area contributed by atoms with Gasteiger partial charge in [0.25, 0.3) is 0 Å². The summed E-state index contributed by atoms with van der Waals surface area (Å²) in [6.45, 7) is 6.25. The van der Waals surface area contributed by atoms with Gasteiger partial charge in [0.05, 0.1) is 0 Å². The summed E-state index contributed by atoms with van der Waals surface area (Å²) in [6.07, 6.45) is 0. The van der Waals surface area contributed by atoms with Crippen molar-refractivity contribution in [3.8, 4) is 0 Å². The van der Waals surface area contributed by atoms with E-state index in [-0.39, 0.29) is 21.5 Å². The Balaban J connectivity index is 3.46. The molecule has 19 heavy (non-hydrogen) atoms. The second kappa shape index (κ2) is 7.13. The van der Waals surface area contributed by atoms with Crippen LogP contribution in [0.3, 0.4) is 0 Å². The number of alkyl halides is 1. The Hall–Kier alpha value is -0.770. The van der Waals surface area contributed by atoms with E-state index in [0.29, 0.717) is 0 Å². The van der Waals surface area contributed by atoms with Gasteiger partial charge in [-0.05, 0) is 0 Å². The molecule has 0 aliphatic rings. The summed E-state index contributed by atoms with van der Waals surface area (Å²) in [5.74, 6) is 0. The number of benzene rings is 1. The van der Waals surface area contributed by atoms with Crippen LogP contribution in [0.25, 0.3) is 0 Å². The summed E-state index contributed by atoms with van der Waals surface area (Å²) in [6, 6.07) is 0. The number of anilines is 3. The molecule has 6 N–H and O–H groups in total. The molecule has 1 aromatic carbocycles. The molecular weight excluding hydrogens is 355 g/mol. The molecular formula is C12H24IN6-. The second-order valence-electron chi connectivity index (χ2n) is 4.20. The molecule has 0 atom stereocenters. The number of nitrogens with two attached hydrogens (primary N) is 1. The van der Waals surface area contributed by atoms with Crippen molar-refractivity contribution in [2.45, 2.75) is 20.8 Å². The molecule has 0 aromatic heterocycles. The number of nitrogens with one attached hydrogen (secondary N) is 4. The van der Waals surface area contributed by atoms with Crippen LogP contribution in [-0.4, -0.2) is 19.0 Å². The Labute approximate surface area is 126 Å². The van der Waals surface area contributed by atoms with Crippen molar-refractivity contribution in [1.29, 1.82) is 0 Å². The Morgan fingerprint density at radius 3 is 2.05 bits per heavy atom. The molecule has 0 bridgehead atoms. The third-order valence-electron chi connectivity index (χ3n) is 3.33. The van der Waals surface area contributed by atoms with Crippen LogP contribution in [0.15, 0.2) is 0 Å². The molecule has 1 rings (SSSR count). The van der Waals surface area contributed by atoms with Gasteiger partial charge in [-0.2, -0.15) is 0 Å². The summed E-state index contributed by atoms with van der Waals surface area (Å²) in [5, 5.41) is 1.81. The number of nitrogen functional groups attached to an aromatic ring is 1. The van der Waals surface area contributed by atoms with Crippen molar-refractivity contribution >= 4 is 17.1 Å². The summed E-state index contributed by atoms with van der Waals surface area (Å²) < 4.78 is 3.24. The first kappa shape index (κ1) is 16.3. The van der Waals surface area contributed by atoms with E-state index in [2.05, 4.69) is 45.6 Å². The first-order chi connectivity index (χ1) is 8.99. The number of halogens is 1. The van der Waals surface area contributed by atoms with Crippen molar-refractivity contribution in [2.24, 2.45) is 0 Å². The van der Waals surface area contributed by atoms with Gasteiger partial charge in [0.2, 0.25) is 0 Å². The van der Waals surface area contributed by atoms with Crippen LogP contribution < -0.4 is 52.2 Å². The molecule has 0 aliphatic heterocycles. The molecule has 110 valence electrons. The molecule has 0 amide bonds. The Morgan fingerprint density at radius 1 is 1.00 bits per heavy atom. The first-order valence-electron chi connectivity index (χ1n) is 6.03. The molecule has 0 radical (unpaired) electrons. The van der Waals surface area contributed by atoms with Crippen LogP contribution in [0.1, 0.15) is 16.7 Å². The maximum absolute atomic E-state index is 6.30. The van der Waals surface area contributed by atoms with Gasteiger partial charge in [-0.1, -0.05) is 0 Å². The van der Waals surface area contributed by atoms with Gasteiger partial charge in [0.1, 0.15) is 0 Å². The number of nitrogens with zero attached hydrogens (tertiary/aromatic N) is 1. The van der Waals surface area contributed by atoms with Crippen molar-refractivity contribution in [3.63, 3.8) is 0 Å². The Kier molecular flexibility index (Phi) is 6.11. The van der Waals surface area contributed by atoms with E-state index in [1.807, 2.05) is 19.2 Å². The number of hydrogen-bond acceptors (Lipinski definition) is 6. The van der Waals surface area contributed by atoms with Crippen LogP contribution in [0.2, 0.25) is 0 Å². The Morgan fingerprint density at radius 2 is 1.58 bits per heavy atom. The van der Waals surface area contributed by atoms with E-state index in [1.165, 1.54) is 11.1 Å². The van der Waals surface area contributed by atoms with E-state index >= 15 is 0 Å². The van der Waals surface area contributed by atoms with Gasteiger partial charge in [0, 0.05) is 0 Å². The monoisotopic (exact) mass is 379 g/mol. The first-order valence-corrected chi connectivity index (χ1v) is 9.26. The summed E-state index contributed by atoms with van der Waals surface area (Å²) in [7, 11) is 3.70. The third kappa shape index (κ3) is 3.22. The molecule has 7 heteroatoms. The zero-order valence-electron chi connectivity index (χ0n) is 12.4. The molecule has 0 aliphatic carbocycles. The molecule has 0 saturated carbocycles. The van der Waals surface area contributed by atoms with Crippen LogP contribution >= 0.6 is 0 Å². The fourth-order valence-electron chi connectivity index (χ4n) is 1.98. The molecule has 0 saturated heterocycles. The quantitative estimate of drug-likeness (QED) is 0.127. The second-order valence-corrected chi connectivity index (χ2v) is 5.82. The van der Waals surface area contributed by atoms with Gasteiger partial charge in [-0.15, -0.1) is 0 Å². The average molecular weight is 379 g/mol. The molecule has 0 unspecified atom stereocenters. The van der Waals surface area contributed by atoms with Crippen LogP contribution in [0.5, 0.6) is 0 Å². The third-order valence-corrected chi connectivity index (χ3v) is 4.14. The molecule has 0 spiro atoms. The number of hydrogen-bond donors (Lipinski definition) is 5. The molecule has 0 fully saturated rings. The van der Waals surface area contributed by atoms with E-state index in [9.17, 15) is 0 Å². The van der Waals surface area contributed by atoms with Crippen LogP contribution in [0.4, 0.5) is 17.1 Å². The van der Waals surface area contributed by atoms with Crippen LogP contribution in [-0.2, 0) is 0 Å². The fourth-order valence-corrected chi connectivity index (χ4v) is 2.52. The maximum atomic E-state index is 6.30. The zero-order valence-corrected chi connectivity index (χ0v) is 14.6. The average Bonchev–Trinajstić information content (AvgIpc) is 2.42. The SMILES string of the molecule is CNN(NC)c1c(N)c(C)c(C)c(C)c1NN[I-]C. The topological polar surface area (TPSA) is 77.4 Å². The van der Waals surface area contributed by atoms with Gasteiger partial charge < -0.3 is 0 Å². The molecule has 1 aromatic rings. The van der Waals surface area contributed by atoms with Crippen molar-refractivity contribution in [2.75, 3.05) is 35.3 Å². The van der Waals surface area contributed by atoms with Crippen molar-refractivity contribution < 1.29 is 21.5 Å². The van der Waals surface area contributed by atoms with E-state index in [0.717, 1.165) is 22.6 Å². The van der Waals surface area contributed by atoms with Gasteiger partial charge in [-0.25, -0.2) is 0 Å². The predicted molar refractivity (Wildman–Crippen MR) is 78.3 cm³/mol. The summed E-state index contributed by atoms with van der Waals surface area (Å²) >= 11 is -0.0618. The van der Waals surface area contributed by atoms with Gasteiger partial charge in [-0.3, -0.25) is 0 Å². The molecule has 6 nitrogen and oxygen atoms in total. The zero-order chi connectivity index (χ0) is 14.6. The number of hydrazine groups is 3. The summed E-state index contributed by atoms with van der Waals surface area (Å²) in [4.78, 5) is 2.15. The van der Waals surface area contributed by atoms with Crippen molar-refractivity contribution in [1.82, 2.24) is 14.5 Å². The summed E-state index contributed by atoms with van der Waals surface area (Å²) in [5.41, 5.74) is 22.0. The number of rotatable bonds is 6. The van der Waals surface area contributed by atoms with Crippen molar-refractivity contribution in [3.05, 3.63) is 16.7 Å². The van der Waals surface area contributed by atoms with E-state index < -0.39 is 0 Å². The fraction of sp³-hybridized carbons (Fsp3) is 0.500. The predicted octanol–water partition coefficient (Wildman–Crippen LogP) is -2.18. The van der Waals surface area contributed by atoms with Crippen LogP contribution in [0, 0.1) is 20.8 Å². The minimum absolute atomic E-state index is 0.0618. The van der Waals surface area contributed by atoms with Gasteiger partial charge >= 0.3 is 126 Å². The van der Waals surface area contributed by atoms with Gasteiger partial charge in [0.15, 0.2) is 0 Å². The molecule has 0 heterocycles. The standard InChI is InChI=1S/C12H24IN6/c1-7-8(2)10(14)12(19(15-5)16-6)11(9(7)3)17-18-13-4/h15-18H,14H2,1-6H3/q-1. The van der Waals surface area contributed by atoms with E-state index in [4.69, 9.17) is 5.73 Å².